The molecule has 9 heteroatoms. The summed E-state index contributed by atoms with van der Waals surface area (Å²) in [5.41, 5.74) is 0. The summed E-state index contributed by atoms with van der Waals surface area (Å²) in [6.07, 6.45) is 4.90. The summed E-state index contributed by atoms with van der Waals surface area (Å²) in [5, 5.41) is 8.20. The molecule has 0 radical (unpaired) electrons. The predicted octanol–water partition coefficient (Wildman–Crippen LogP) is 1.72. The van der Waals surface area contributed by atoms with Crippen LogP contribution in [0.4, 0.5) is 0 Å². The van der Waals surface area contributed by atoms with Crippen LogP contribution in [0.15, 0.2) is 0 Å². The normalized spacial score (nSPS) is 28.5. The maximum Gasteiger partial charge on any atom is 0.199 e. The lowest BCUT2D eigenvalue weighted by Crippen LogP contribution is -2.41. The minimum Gasteiger partial charge on any atom is -0.300 e. The van der Waals surface area contributed by atoms with Crippen LogP contribution >= 0.6 is 35.1 Å². The number of rotatable bonds is 3. The lowest BCUT2D eigenvalue weighted by atomic mass is 10.4. The van der Waals surface area contributed by atoms with Crippen LogP contribution in [0.25, 0.3) is 0 Å². The van der Waals surface area contributed by atoms with Crippen molar-refractivity contribution in [2.45, 2.75) is 0 Å². The molecule has 1 N–H and O–H groups in total. The second-order valence-corrected chi connectivity index (χ2v) is 11.4. The van der Waals surface area contributed by atoms with Gasteiger partial charge in [-0.15, -0.1) is 13.7 Å². The van der Waals surface area contributed by atoms with Gasteiger partial charge in [0, 0.05) is 65.4 Å². The van der Waals surface area contributed by atoms with Gasteiger partial charge in [0.1, 0.15) is 12.3 Å². The van der Waals surface area contributed by atoms with Gasteiger partial charge in [0.25, 0.3) is 0 Å². The molecule has 134 valence electrons. The summed E-state index contributed by atoms with van der Waals surface area (Å²) in [7, 11) is 6.34. The molecular formula is C14H34N5P4+. The first-order chi connectivity index (χ1) is 11.1. The van der Waals surface area contributed by atoms with E-state index in [1.54, 1.807) is 0 Å². The smallest absolute Gasteiger partial charge is 0.199 e. The van der Waals surface area contributed by atoms with E-state index in [2.05, 4.69) is 37.9 Å². The summed E-state index contributed by atoms with van der Waals surface area (Å²) < 4.78 is 4.74. The Balaban J connectivity index is 1.77. The highest BCUT2D eigenvalue weighted by molar-refractivity contribution is 7.46. The quantitative estimate of drug-likeness (QED) is 0.738. The maximum atomic E-state index is 8.20. The first-order valence-electron chi connectivity index (χ1n) is 8.74. The molecule has 2 aliphatic rings. The second kappa shape index (κ2) is 11.8. The van der Waals surface area contributed by atoms with Crippen LogP contribution < -0.4 is 0 Å². The topological polar surface area (TPSA) is 36.8 Å². The van der Waals surface area contributed by atoms with Gasteiger partial charge in [-0.25, -0.2) is 0 Å². The Labute approximate surface area is 149 Å². The van der Waals surface area contributed by atoms with Crippen molar-refractivity contribution in [1.82, 2.24) is 19.1 Å². The van der Waals surface area contributed by atoms with Crippen molar-refractivity contribution in [3.63, 3.8) is 0 Å². The fourth-order valence-corrected chi connectivity index (χ4v) is 6.31. The Morgan fingerprint density at radius 3 is 2.04 bits per heavy atom. The molecule has 0 amide bonds. The minimum absolute atomic E-state index is 0.517. The van der Waals surface area contributed by atoms with Crippen LogP contribution in [0.3, 0.4) is 0 Å². The molecule has 0 bridgehead atoms. The highest BCUT2D eigenvalue weighted by atomic mass is 31.1. The van der Waals surface area contributed by atoms with Gasteiger partial charge in [0.2, 0.25) is 0 Å². The summed E-state index contributed by atoms with van der Waals surface area (Å²) in [4.78, 5) is 5.25. The van der Waals surface area contributed by atoms with E-state index in [9.17, 15) is 0 Å². The Morgan fingerprint density at radius 2 is 1.30 bits per heavy atom. The number of nitrogens with one attached hydrogen (secondary N) is 1. The largest absolute Gasteiger partial charge is 0.300 e. The van der Waals surface area contributed by atoms with Crippen LogP contribution in [0, 0.1) is 5.16 Å². The van der Waals surface area contributed by atoms with Crippen LogP contribution in [0.5, 0.6) is 0 Å². The van der Waals surface area contributed by atoms with Gasteiger partial charge < -0.3 is 4.90 Å². The number of nitrogens with zero attached hydrogens (tertiary/aromatic N) is 4. The highest BCUT2D eigenvalue weighted by Gasteiger charge is 2.19. The van der Waals surface area contributed by atoms with E-state index in [1.165, 1.54) is 51.6 Å². The third-order valence-electron chi connectivity index (χ3n) is 4.66. The van der Waals surface area contributed by atoms with Gasteiger partial charge in [0.05, 0.1) is 0 Å². The van der Waals surface area contributed by atoms with Crippen molar-refractivity contribution in [3.8, 4) is 0 Å². The van der Waals surface area contributed by atoms with Crippen molar-refractivity contribution in [2.75, 3.05) is 90.1 Å². The van der Waals surface area contributed by atoms with Gasteiger partial charge in [-0.05, 0) is 12.3 Å². The van der Waals surface area contributed by atoms with Crippen LogP contribution in [-0.4, -0.2) is 109 Å². The molecule has 0 saturated carbocycles. The van der Waals surface area contributed by atoms with Crippen molar-refractivity contribution in [2.24, 2.45) is 0 Å². The van der Waals surface area contributed by atoms with Crippen LogP contribution in [-0.2, 0) is 0 Å². The van der Waals surface area contributed by atoms with Crippen molar-refractivity contribution >= 4 is 35.1 Å². The monoisotopic (exact) mass is 396 g/mol. The van der Waals surface area contributed by atoms with Gasteiger partial charge in [0.15, 0.2) is 7.71 Å². The molecule has 0 spiro atoms. The fourth-order valence-electron chi connectivity index (χ4n) is 2.92. The van der Waals surface area contributed by atoms with E-state index < -0.39 is 7.71 Å². The Morgan fingerprint density at radius 1 is 0.739 bits per heavy atom. The van der Waals surface area contributed by atoms with E-state index >= 15 is 0 Å². The molecule has 2 rings (SSSR count). The molecule has 0 aliphatic carbocycles. The highest BCUT2D eigenvalue weighted by Crippen LogP contribution is 2.23. The molecule has 2 heterocycles. The first kappa shape index (κ1) is 20.5. The van der Waals surface area contributed by atoms with E-state index in [4.69, 9.17) is 5.16 Å². The van der Waals surface area contributed by atoms with E-state index in [0.29, 0.717) is 0 Å². The maximum absolute atomic E-state index is 8.20. The lowest BCUT2D eigenvalue weighted by Gasteiger charge is -2.28. The number of hydrogen-bond acceptors (Lipinski definition) is 5. The van der Waals surface area contributed by atoms with Crippen LogP contribution in [0.1, 0.15) is 0 Å². The molecule has 5 nitrogen and oxygen atoms in total. The van der Waals surface area contributed by atoms with E-state index in [-0.39, 0.29) is 0 Å². The fraction of sp³-hybridized carbons (Fsp3) is 1.00. The average molecular weight is 396 g/mol. The van der Waals surface area contributed by atoms with Gasteiger partial charge in [-0.3, -0.25) is 14.2 Å². The molecule has 0 aromatic heterocycles. The van der Waals surface area contributed by atoms with Crippen molar-refractivity contribution in [1.29, 1.82) is 5.16 Å². The molecule has 2 saturated heterocycles. The molecule has 23 heavy (non-hydrogen) atoms. The van der Waals surface area contributed by atoms with E-state index in [0.717, 1.165) is 47.1 Å². The van der Waals surface area contributed by atoms with Gasteiger partial charge in [-0.2, -0.15) is 0 Å². The Bertz CT molecular complexity index is 360. The minimum atomic E-state index is -0.517. The van der Waals surface area contributed by atoms with E-state index in [1.807, 2.05) is 0 Å². The lowest BCUT2D eigenvalue weighted by molar-refractivity contribution is 0.205. The molecule has 0 aromatic carbocycles. The number of hydrogen-bond donors (Lipinski definition) is 1. The Kier molecular flexibility index (Phi) is 10.5. The zero-order valence-electron chi connectivity index (χ0n) is 14.3. The van der Waals surface area contributed by atoms with Crippen molar-refractivity contribution in [3.05, 3.63) is 0 Å². The molecule has 2 aliphatic heterocycles. The van der Waals surface area contributed by atoms with Crippen LogP contribution in [0.2, 0.25) is 0 Å². The average Bonchev–Trinajstić information content (AvgIpc) is 2.69. The Hall–Kier alpha value is 1.23. The van der Waals surface area contributed by atoms with Gasteiger partial charge >= 0.3 is 0 Å². The summed E-state index contributed by atoms with van der Waals surface area (Å²) in [6, 6.07) is 0. The molecule has 2 fully saturated rings. The molecular weight excluding hydrogens is 362 g/mol. The molecule has 4 atom stereocenters. The van der Waals surface area contributed by atoms with Gasteiger partial charge in [-0.1, -0.05) is 18.8 Å². The zero-order chi connectivity index (χ0) is 16.5. The third kappa shape index (κ3) is 8.94. The predicted molar refractivity (Wildman–Crippen MR) is 113 cm³/mol. The first-order valence-corrected chi connectivity index (χ1v) is 12.9. The second-order valence-electron chi connectivity index (χ2n) is 6.49. The molecule has 0 aromatic rings. The summed E-state index contributed by atoms with van der Waals surface area (Å²) in [6.45, 7) is 11.7. The summed E-state index contributed by atoms with van der Waals surface area (Å²) in [5.74, 6) is 0. The SMILES string of the molecule is N=[P+]1CCN(P)CCN(CCN2CCPCCN(P)CC2)CC1. The third-order valence-corrected chi connectivity index (χ3v) is 8.33. The van der Waals surface area contributed by atoms with Crippen molar-refractivity contribution < 1.29 is 0 Å². The summed E-state index contributed by atoms with van der Waals surface area (Å²) >= 11 is 0. The molecule has 4 unspecified atom stereocenters. The standard InChI is InChI=1S/C14H34N5P4/c15-23-13-9-17(4-6-19(21)10-14-23)2-1-16-3-5-18(20)8-12-22-11-7-16/h15,22H,1-14,20-21H2/q+1. The zero-order valence-corrected chi connectivity index (χ0v) is 18.5.